The molecule has 8 heteroatoms. The first-order valence-electron chi connectivity index (χ1n) is 5.39. The van der Waals surface area contributed by atoms with E-state index in [1.54, 1.807) is 23.7 Å². The predicted octanol–water partition coefficient (Wildman–Crippen LogP) is 2.63. The number of nitrogens with zero attached hydrogens (tertiary/aromatic N) is 1. The summed E-state index contributed by atoms with van der Waals surface area (Å²) >= 11 is 9.38. The van der Waals surface area contributed by atoms with Gasteiger partial charge in [-0.15, -0.1) is 0 Å². The molecule has 104 valence electrons. The average Bonchev–Trinajstić information content (AvgIpc) is 2.79. The standard InChI is InChI=1S/C12H9BrClN3O3/c13-7-1-3-8(4-2-7)17-9(5-6-10(17)14)11(18)20-16-12(15)19/h1-6H,(H3,15,16,19). The Morgan fingerprint density at radius 3 is 2.45 bits per heavy atom. The summed E-state index contributed by atoms with van der Waals surface area (Å²) in [6.07, 6.45) is 0. The highest BCUT2D eigenvalue weighted by molar-refractivity contribution is 9.10. The van der Waals surface area contributed by atoms with Crippen molar-refractivity contribution in [2.75, 3.05) is 0 Å². The minimum Gasteiger partial charge on any atom is -0.349 e. The summed E-state index contributed by atoms with van der Waals surface area (Å²) in [4.78, 5) is 26.9. The van der Waals surface area contributed by atoms with Gasteiger partial charge in [0.15, 0.2) is 0 Å². The molecule has 20 heavy (non-hydrogen) atoms. The number of halogens is 2. The van der Waals surface area contributed by atoms with Crippen LogP contribution < -0.4 is 11.2 Å². The van der Waals surface area contributed by atoms with Gasteiger partial charge in [0.25, 0.3) is 0 Å². The van der Waals surface area contributed by atoms with Crippen LogP contribution in [0.1, 0.15) is 10.5 Å². The number of rotatable bonds is 2. The Hall–Kier alpha value is -1.99. The molecule has 1 heterocycles. The first kappa shape index (κ1) is 14.4. The van der Waals surface area contributed by atoms with Crippen LogP contribution in [0.25, 0.3) is 5.69 Å². The summed E-state index contributed by atoms with van der Waals surface area (Å²) in [5, 5.41) is 0.332. The fourth-order valence-electron chi connectivity index (χ4n) is 1.57. The van der Waals surface area contributed by atoms with E-state index in [9.17, 15) is 9.59 Å². The quantitative estimate of drug-likeness (QED) is 0.809. The Kier molecular flexibility index (Phi) is 4.31. The number of hydrogen-bond acceptors (Lipinski definition) is 3. The van der Waals surface area contributed by atoms with E-state index in [-0.39, 0.29) is 5.69 Å². The van der Waals surface area contributed by atoms with Crippen molar-refractivity contribution in [1.29, 1.82) is 0 Å². The molecule has 0 aliphatic carbocycles. The van der Waals surface area contributed by atoms with Crippen LogP contribution in [0, 0.1) is 0 Å². The molecule has 2 aromatic rings. The molecule has 0 aliphatic heterocycles. The second kappa shape index (κ2) is 5.98. The second-order valence-corrected chi connectivity index (χ2v) is 5.01. The molecule has 0 fully saturated rings. The summed E-state index contributed by atoms with van der Waals surface area (Å²) < 4.78 is 2.38. The lowest BCUT2D eigenvalue weighted by Gasteiger charge is -2.10. The lowest BCUT2D eigenvalue weighted by atomic mass is 10.3. The van der Waals surface area contributed by atoms with Gasteiger partial charge in [0.05, 0.1) is 0 Å². The van der Waals surface area contributed by atoms with E-state index in [0.717, 1.165) is 4.47 Å². The Balaban J connectivity index is 2.34. The Morgan fingerprint density at radius 1 is 1.20 bits per heavy atom. The lowest BCUT2D eigenvalue weighted by molar-refractivity contribution is 0.0326. The molecular weight excluding hydrogens is 350 g/mol. The molecule has 2 rings (SSSR count). The van der Waals surface area contributed by atoms with Crippen LogP contribution in [-0.4, -0.2) is 16.6 Å². The minimum atomic E-state index is -0.966. The SMILES string of the molecule is NC(=O)NOC(=O)c1ccc(Cl)n1-c1ccc(Br)cc1. The molecule has 1 aromatic heterocycles. The van der Waals surface area contributed by atoms with Crippen LogP contribution in [0.15, 0.2) is 40.9 Å². The van der Waals surface area contributed by atoms with E-state index in [2.05, 4.69) is 20.8 Å². The zero-order valence-electron chi connectivity index (χ0n) is 9.97. The predicted molar refractivity (Wildman–Crippen MR) is 76.6 cm³/mol. The highest BCUT2D eigenvalue weighted by Gasteiger charge is 2.17. The highest BCUT2D eigenvalue weighted by atomic mass is 79.9. The van der Waals surface area contributed by atoms with Crippen molar-refractivity contribution in [3.8, 4) is 5.69 Å². The number of hydrogen-bond donors (Lipinski definition) is 2. The molecule has 0 bridgehead atoms. The summed E-state index contributed by atoms with van der Waals surface area (Å²) in [6, 6.07) is 9.22. The molecule has 1 aromatic carbocycles. The molecule has 0 atom stereocenters. The summed E-state index contributed by atoms with van der Waals surface area (Å²) in [5.41, 5.74) is 7.42. The molecule has 0 unspecified atom stereocenters. The Morgan fingerprint density at radius 2 is 1.85 bits per heavy atom. The van der Waals surface area contributed by atoms with Crippen LogP contribution >= 0.6 is 27.5 Å². The van der Waals surface area contributed by atoms with Crippen LogP contribution in [0.3, 0.4) is 0 Å². The topological polar surface area (TPSA) is 86.4 Å². The Bertz CT molecular complexity index is 654. The van der Waals surface area contributed by atoms with Gasteiger partial charge in [0, 0.05) is 10.2 Å². The maximum Gasteiger partial charge on any atom is 0.379 e. The zero-order valence-corrected chi connectivity index (χ0v) is 12.3. The third-order valence-electron chi connectivity index (χ3n) is 2.37. The van der Waals surface area contributed by atoms with E-state index < -0.39 is 12.0 Å². The van der Waals surface area contributed by atoms with Crippen molar-refractivity contribution in [3.63, 3.8) is 0 Å². The molecule has 0 saturated heterocycles. The molecule has 0 radical (unpaired) electrons. The van der Waals surface area contributed by atoms with E-state index >= 15 is 0 Å². The highest BCUT2D eigenvalue weighted by Crippen LogP contribution is 2.23. The number of nitrogens with two attached hydrogens (primary N) is 1. The number of primary amides is 1. The summed E-state index contributed by atoms with van der Waals surface area (Å²) in [7, 11) is 0. The number of urea groups is 1. The molecule has 2 amide bonds. The van der Waals surface area contributed by atoms with Crippen LogP contribution in [0.2, 0.25) is 5.15 Å². The lowest BCUT2D eigenvalue weighted by Crippen LogP contribution is -2.32. The molecule has 0 saturated carbocycles. The van der Waals surface area contributed by atoms with Crippen molar-refractivity contribution in [2.45, 2.75) is 0 Å². The van der Waals surface area contributed by atoms with E-state index in [1.165, 1.54) is 10.6 Å². The van der Waals surface area contributed by atoms with E-state index in [4.69, 9.17) is 17.3 Å². The fraction of sp³-hybridized carbons (Fsp3) is 0. The van der Waals surface area contributed by atoms with Gasteiger partial charge in [-0.1, -0.05) is 27.5 Å². The monoisotopic (exact) mass is 357 g/mol. The summed E-state index contributed by atoms with van der Waals surface area (Å²) in [5.74, 6) is -0.779. The van der Waals surface area contributed by atoms with Crippen LogP contribution in [-0.2, 0) is 4.84 Å². The van der Waals surface area contributed by atoms with Crippen molar-refractivity contribution >= 4 is 39.5 Å². The van der Waals surface area contributed by atoms with Crippen molar-refractivity contribution < 1.29 is 14.4 Å². The number of aromatic nitrogens is 1. The largest absolute Gasteiger partial charge is 0.379 e. The van der Waals surface area contributed by atoms with Gasteiger partial charge < -0.3 is 10.6 Å². The number of benzene rings is 1. The first-order chi connectivity index (χ1) is 9.49. The maximum atomic E-state index is 11.8. The second-order valence-electron chi connectivity index (χ2n) is 3.71. The van der Waals surface area contributed by atoms with Crippen LogP contribution in [0.5, 0.6) is 0 Å². The maximum absolute atomic E-state index is 11.8. The smallest absolute Gasteiger partial charge is 0.349 e. The number of nitrogens with one attached hydrogen (secondary N) is 1. The van der Waals surface area contributed by atoms with Crippen molar-refractivity contribution in [1.82, 2.24) is 10.0 Å². The van der Waals surface area contributed by atoms with Gasteiger partial charge in [-0.3, -0.25) is 4.57 Å². The van der Waals surface area contributed by atoms with Crippen molar-refractivity contribution in [3.05, 3.63) is 51.7 Å². The zero-order chi connectivity index (χ0) is 14.7. The Labute approximate surface area is 127 Å². The molecule has 3 N–H and O–H groups in total. The third-order valence-corrected chi connectivity index (χ3v) is 3.20. The molecule has 0 spiro atoms. The molecule has 0 aliphatic rings. The van der Waals surface area contributed by atoms with Gasteiger partial charge in [-0.05, 0) is 36.4 Å². The molecule has 6 nitrogen and oxygen atoms in total. The van der Waals surface area contributed by atoms with Crippen molar-refractivity contribution in [2.24, 2.45) is 5.73 Å². The van der Waals surface area contributed by atoms with E-state index in [1.807, 2.05) is 12.1 Å². The third kappa shape index (κ3) is 3.12. The number of carbonyl (C=O) groups is 2. The number of carbonyl (C=O) groups excluding carboxylic acids is 2. The van der Waals surface area contributed by atoms with E-state index in [0.29, 0.717) is 10.8 Å². The number of amides is 2. The van der Waals surface area contributed by atoms with Gasteiger partial charge in [0.2, 0.25) is 0 Å². The molecular formula is C12H9BrClN3O3. The normalized spacial score (nSPS) is 10.1. The fourth-order valence-corrected chi connectivity index (χ4v) is 2.09. The van der Waals surface area contributed by atoms with Gasteiger partial charge in [0.1, 0.15) is 10.8 Å². The first-order valence-corrected chi connectivity index (χ1v) is 6.56. The van der Waals surface area contributed by atoms with Gasteiger partial charge in [-0.25, -0.2) is 9.59 Å². The number of hydroxylamine groups is 1. The van der Waals surface area contributed by atoms with Crippen LogP contribution in [0.4, 0.5) is 4.79 Å². The average molecular weight is 359 g/mol. The summed E-state index contributed by atoms with van der Waals surface area (Å²) in [6.45, 7) is 0. The minimum absolute atomic E-state index is 0.158. The van der Waals surface area contributed by atoms with Gasteiger partial charge in [-0.2, -0.15) is 5.48 Å². The van der Waals surface area contributed by atoms with Gasteiger partial charge >= 0.3 is 12.0 Å².